The third-order valence-electron chi connectivity index (χ3n) is 5.53. The van der Waals surface area contributed by atoms with Crippen molar-refractivity contribution < 1.29 is 9.53 Å². The first-order valence-electron chi connectivity index (χ1n) is 10.7. The minimum Gasteiger partial charge on any atom is -0.379 e. The molecule has 1 aromatic carbocycles. The lowest BCUT2D eigenvalue weighted by Gasteiger charge is -2.27. The summed E-state index contributed by atoms with van der Waals surface area (Å²) in [6, 6.07) is 5.84. The Kier molecular flexibility index (Phi) is 6.91. The molecule has 4 rings (SSSR count). The summed E-state index contributed by atoms with van der Waals surface area (Å²) in [5.41, 5.74) is 2.23. The molecule has 31 heavy (non-hydrogen) atoms. The van der Waals surface area contributed by atoms with Crippen molar-refractivity contribution in [3.05, 3.63) is 40.7 Å². The molecule has 9 heteroatoms. The molecule has 1 amide bonds. The number of anilines is 1. The summed E-state index contributed by atoms with van der Waals surface area (Å²) in [7, 11) is 0. The highest BCUT2D eigenvalue weighted by molar-refractivity contribution is 7.22. The number of morpholine rings is 1. The number of aromatic nitrogens is 3. The second-order valence-electron chi connectivity index (χ2n) is 8.05. The maximum absolute atomic E-state index is 13.4. The zero-order valence-corrected chi connectivity index (χ0v) is 19.7. The van der Waals surface area contributed by atoms with Gasteiger partial charge in [0.25, 0.3) is 5.91 Å². The lowest BCUT2D eigenvalue weighted by Crippen LogP contribution is -2.39. The predicted octanol–water partition coefficient (Wildman–Crippen LogP) is 4.40. The number of hydrogen-bond donors (Lipinski definition) is 0. The van der Waals surface area contributed by atoms with E-state index in [1.807, 2.05) is 39.1 Å². The van der Waals surface area contributed by atoms with Crippen LogP contribution in [-0.2, 0) is 4.74 Å². The summed E-state index contributed by atoms with van der Waals surface area (Å²) in [5, 5.41) is 5.87. The molecule has 2 aromatic heterocycles. The van der Waals surface area contributed by atoms with Crippen LogP contribution in [0, 0.1) is 6.92 Å². The smallest absolute Gasteiger partial charge is 0.280 e. The molecule has 166 valence electrons. The summed E-state index contributed by atoms with van der Waals surface area (Å²) >= 11 is 7.81. The predicted molar refractivity (Wildman–Crippen MR) is 126 cm³/mol. The van der Waals surface area contributed by atoms with Crippen LogP contribution >= 0.6 is 22.9 Å². The highest BCUT2D eigenvalue weighted by atomic mass is 35.5. The van der Waals surface area contributed by atoms with Gasteiger partial charge in [0.05, 0.1) is 23.4 Å². The zero-order valence-electron chi connectivity index (χ0n) is 18.2. The van der Waals surface area contributed by atoms with Crippen molar-refractivity contribution in [2.24, 2.45) is 0 Å². The summed E-state index contributed by atoms with van der Waals surface area (Å²) in [6.45, 7) is 11.0. The molecular weight excluding hydrogens is 434 g/mol. The Labute approximate surface area is 191 Å². The Morgan fingerprint density at radius 3 is 2.77 bits per heavy atom. The van der Waals surface area contributed by atoms with Crippen molar-refractivity contribution in [3.63, 3.8) is 0 Å². The molecule has 0 spiro atoms. The number of hydrogen-bond acceptors (Lipinski definition) is 6. The molecule has 0 bridgehead atoms. The molecule has 1 aliphatic rings. The molecule has 1 aliphatic heterocycles. The van der Waals surface area contributed by atoms with E-state index in [2.05, 4.69) is 10.00 Å². The number of carbonyl (C=O) groups excluding carboxylic acids is 1. The Bertz CT molecular complexity index is 1060. The van der Waals surface area contributed by atoms with Gasteiger partial charge in [0.1, 0.15) is 0 Å². The molecule has 3 aromatic rings. The average Bonchev–Trinajstić information content (AvgIpc) is 3.42. The fourth-order valence-corrected chi connectivity index (χ4v) is 4.85. The SMILES string of the molecule is Cc1c(Cl)ccc2sc(N(CCCN3CCOCC3)C(=O)c3ccn(C(C)C)n3)nc12. The number of thiazole rings is 1. The quantitative estimate of drug-likeness (QED) is 0.521. The van der Waals surface area contributed by atoms with Crippen LogP contribution < -0.4 is 4.90 Å². The third kappa shape index (κ3) is 4.92. The number of amides is 1. The van der Waals surface area contributed by atoms with Gasteiger partial charge in [-0.25, -0.2) is 4.98 Å². The number of carbonyl (C=O) groups is 1. The van der Waals surface area contributed by atoms with Gasteiger partial charge in [-0.1, -0.05) is 22.9 Å². The zero-order chi connectivity index (χ0) is 22.0. The Balaban J connectivity index is 1.59. The fraction of sp³-hybridized carbons (Fsp3) is 0.500. The van der Waals surface area contributed by atoms with Crippen molar-refractivity contribution in [1.82, 2.24) is 19.7 Å². The normalized spacial score (nSPS) is 15.1. The monoisotopic (exact) mass is 461 g/mol. The maximum atomic E-state index is 13.4. The number of ether oxygens (including phenoxy) is 1. The van der Waals surface area contributed by atoms with Crippen LogP contribution in [0.5, 0.6) is 0 Å². The lowest BCUT2D eigenvalue weighted by atomic mass is 10.2. The minimum absolute atomic E-state index is 0.121. The molecular formula is C22H28ClN5O2S. The second kappa shape index (κ2) is 9.65. The van der Waals surface area contributed by atoms with E-state index < -0.39 is 0 Å². The van der Waals surface area contributed by atoms with Crippen LogP contribution in [0.4, 0.5) is 5.13 Å². The third-order valence-corrected chi connectivity index (χ3v) is 6.98. The van der Waals surface area contributed by atoms with Gasteiger partial charge in [-0.15, -0.1) is 0 Å². The first kappa shape index (κ1) is 22.2. The molecule has 3 heterocycles. The number of benzene rings is 1. The number of rotatable bonds is 7. The van der Waals surface area contributed by atoms with E-state index in [1.54, 1.807) is 15.6 Å². The molecule has 0 aliphatic carbocycles. The van der Waals surface area contributed by atoms with Crippen molar-refractivity contribution in [2.75, 3.05) is 44.3 Å². The van der Waals surface area contributed by atoms with Gasteiger partial charge in [-0.05, 0) is 51.0 Å². The van der Waals surface area contributed by atoms with Gasteiger partial charge in [0.2, 0.25) is 0 Å². The highest BCUT2D eigenvalue weighted by Gasteiger charge is 2.24. The van der Waals surface area contributed by atoms with E-state index >= 15 is 0 Å². The van der Waals surface area contributed by atoms with E-state index in [0.29, 0.717) is 22.4 Å². The van der Waals surface area contributed by atoms with E-state index in [-0.39, 0.29) is 11.9 Å². The van der Waals surface area contributed by atoms with Crippen LogP contribution in [0.15, 0.2) is 24.4 Å². The number of halogens is 1. The lowest BCUT2D eigenvalue weighted by molar-refractivity contribution is 0.0376. The van der Waals surface area contributed by atoms with Gasteiger partial charge in [0.15, 0.2) is 10.8 Å². The molecule has 7 nitrogen and oxygen atoms in total. The van der Waals surface area contributed by atoms with E-state index in [9.17, 15) is 4.79 Å². The van der Waals surface area contributed by atoms with Crippen LogP contribution in [-0.4, -0.2) is 65.0 Å². The average molecular weight is 462 g/mol. The van der Waals surface area contributed by atoms with Crippen molar-refractivity contribution in [1.29, 1.82) is 0 Å². The molecule has 0 radical (unpaired) electrons. The van der Waals surface area contributed by atoms with Gasteiger partial charge in [0, 0.05) is 43.4 Å². The van der Waals surface area contributed by atoms with Crippen LogP contribution in [0.2, 0.25) is 5.02 Å². The number of fused-ring (bicyclic) bond motifs is 1. The highest BCUT2D eigenvalue weighted by Crippen LogP contribution is 2.34. The molecule has 0 atom stereocenters. The van der Waals surface area contributed by atoms with Crippen molar-refractivity contribution in [2.45, 2.75) is 33.2 Å². The van der Waals surface area contributed by atoms with E-state index in [0.717, 1.165) is 55.0 Å². The van der Waals surface area contributed by atoms with Crippen LogP contribution in [0.25, 0.3) is 10.2 Å². The topological polar surface area (TPSA) is 63.5 Å². The van der Waals surface area contributed by atoms with E-state index in [4.69, 9.17) is 21.3 Å². The van der Waals surface area contributed by atoms with Gasteiger partial charge in [-0.2, -0.15) is 5.10 Å². The summed E-state index contributed by atoms with van der Waals surface area (Å²) in [4.78, 5) is 22.4. The molecule has 0 N–H and O–H groups in total. The molecule has 0 unspecified atom stereocenters. The van der Waals surface area contributed by atoms with E-state index in [1.165, 1.54) is 11.3 Å². The first-order chi connectivity index (χ1) is 14.9. The largest absolute Gasteiger partial charge is 0.379 e. The minimum atomic E-state index is -0.121. The van der Waals surface area contributed by atoms with Crippen LogP contribution in [0.1, 0.15) is 42.4 Å². The second-order valence-corrected chi connectivity index (χ2v) is 9.47. The maximum Gasteiger partial charge on any atom is 0.280 e. The number of nitrogens with zero attached hydrogens (tertiary/aromatic N) is 5. The van der Waals surface area contributed by atoms with Gasteiger partial charge in [-0.3, -0.25) is 19.3 Å². The standard InChI is InChI=1S/C22H28ClN5O2S/c1-15(2)28-10-7-18(25-28)21(29)27(9-4-8-26-11-13-30-14-12-26)22-24-20-16(3)17(23)5-6-19(20)31-22/h5-7,10,15H,4,8-9,11-14H2,1-3H3. The van der Waals surface area contributed by atoms with Crippen LogP contribution in [0.3, 0.4) is 0 Å². The summed E-state index contributed by atoms with van der Waals surface area (Å²) < 4.78 is 8.26. The molecule has 0 saturated carbocycles. The van der Waals surface area contributed by atoms with Crippen molar-refractivity contribution >= 4 is 44.2 Å². The fourth-order valence-electron chi connectivity index (χ4n) is 3.64. The first-order valence-corrected chi connectivity index (χ1v) is 11.9. The van der Waals surface area contributed by atoms with Gasteiger partial charge < -0.3 is 4.74 Å². The van der Waals surface area contributed by atoms with Gasteiger partial charge >= 0.3 is 0 Å². The summed E-state index contributed by atoms with van der Waals surface area (Å²) in [6.07, 6.45) is 2.71. The van der Waals surface area contributed by atoms with Crippen molar-refractivity contribution in [3.8, 4) is 0 Å². The molecule has 1 saturated heterocycles. The summed E-state index contributed by atoms with van der Waals surface area (Å²) in [5.74, 6) is -0.121. The Morgan fingerprint density at radius 2 is 2.06 bits per heavy atom. The Hall–Kier alpha value is -2.00. The Morgan fingerprint density at radius 1 is 1.29 bits per heavy atom. The molecule has 1 fully saturated rings. The number of aryl methyl sites for hydroxylation is 1.